The summed E-state index contributed by atoms with van der Waals surface area (Å²) < 4.78 is 3.26. The topological polar surface area (TPSA) is 17.8 Å². The van der Waals surface area contributed by atoms with Crippen molar-refractivity contribution in [2.24, 2.45) is 0 Å². The van der Waals surface area contributed by atoms with Gasteiger partial charge in [0.1, 0.15) is 5.82 Å². The molecule has 0 fully saturated rings. The van der Waals surface area contributed by atoms with Gasteiger partial charge in [0.05, 0.1) is 11.0 Å². The molecule has 1 aromatic heterocycles. The lowest BCUT2D eigenvalue weighted by Gasteiger charge is -2.09. The minimum Gasteiger partial charge on any atom is -0.292 e. The molecule has 4 rings (SSSR count). The van der Waals surface area contributed by atoms with Gasteiger partial charge in [-0.2, -0.15) is 0 Å². The van der Waals surface area contributed by atoms with Gasteiger partial charge in [-0.1, -0.05) is 58.4 Å². The maximum absolute atomic E-state index is 4.84. The summed E-state index contributed by atoms with van der Waals surface area (Å²) in [5, 5.41) is 0. The Kier molecular flexibility index (Phi) is 3.28. The maximum Gasteiger partial charge on any atom is 0.145 e. The zero-order chi connectivity index (χ0) is 14.9. The molecule has 0 aliphatic heterocycles. The number of hydrogen-bond acceptors (Lipinski definition) is 1. The average molecular weight is 349 g/mol. The molecule has 0 radical (unpaired) electrons. The fourth-order valence-electron chi connectivity index (χ4n) is 2.69. The first kappa shape index (κ1) is 13.3. The molecule has 3 heteroatoms. The zero-order valence-electron chi connectivity index (χ0n) is 11.8. The lowest BCUT2D eigenvalue weighted by atomic mass is 10.2. The van der Waals surface area contributed by atoms with Gasteiger partial charge in [-0.15, -0.1) is 0 Å². The van der Waals surface area contributed by atoms with Crippen molar-refractivity contribution >= 4 is 27.0 Å². The summed E-state index contributed by atoms with van der Waals surface area (Å²) >= 11 is 3.55. The summed E-state index contributed by atoms with van der Waals surface area (Å²) in [4.78, 5) is 4.84. The minimum absolute atomic E-state index is 0.953. The number of rotatable bonds is 2. The highest BCUT2D eigenvalue weighted by Crippen LogP contribution is 2.29. The molecule has 0 saturated heterocycles. The predicted molar refractivity (Wildman–Crippen MR) is 94.2 cm³/mol. The predicted octanol–water partition coefficient (Wildman–Crippen LogP) is 5.46. The zero-order valence-corrected chi connectivity index (χ0v) is 13.4. The summed E-state index contributed by atoms with van der Waals surface area (Å²) in [6.45, 7) is 0. The van der Waals surface area contributed by atoms with Crippen LogP contribution in [0.2, 0.25) is 0 Å². The Hall–Kier alpha value is -2.39. The second-order valence-electron chi connectivity index (χ2n) is 5.11. The monoisotopic (exact) mass is 348 g/mol. The third-order valence-electron chi connectivity index (χ3n) is 3.66. The van der Waals surface area contributed by atoms with E-state index in [0.717, 1.165) is 32.6 Å². The molecule has 0 aliphatic carbocycles. The Balaban J connectivity index is 2.06. The number of nitrogens with zero attached hydrogens (tertiary/aromatic N) is 2. The van der Waals surface area contributed by atoms with Gasteiger partial charge in [-0.05, 0) is 36.4 Å². The normalized spacial score (nSPS) is 11.0. The van der Waals surface area contributed by atoms with E-state index in [-0.39, 0.29) is 0 Å². The van der Waals surface area contributed by atoms with Crippen LogP contribution >= 0.6 is 15.9 Å². The molecule has 0 aliphatic rings. The molecule has 0 atom stereocenters. The van der Waals surface area contributed by atoms with Gasteiger partial charge >= 0.3 is 0 Å². The van der Waals surface area contributed by atoms with E-state index in [0.29, 0.717) is 0 Å². The van der Waals surface area contributed by atoms with Gasteiger partial charge in [0.2, 0.25) is 0 Å². The Labute approximate surface area is 137 Å². The SMILES string of the molecule is Brc1cccc(-c2nc3ccccc3n2-c2ccccc2)c1. The van der Waals surface area contributed by atoms with Gasteiger partial charge < -0.3 is 0 Å². The number of imidazole rings is 1. The first-order valence-electron chi connectivity index (χ1n) is 7.12. The highest BCUT2D eigenvalue weighted by Gasteiger charge is 2.13. The Morgan fingerprint density at radius 2 is 1.55 bits per heavy atom. The molecule has 2 nitrogen and oxygen atoms in total. The van der Waals surface area contributed by atoms with Crippen molar-refractivity contribution in [2.45, 2.75) is 0 Å². The van der Waals surface area contributed by atoms with Crippen molar-refractivity contribution in [3.63, 3.8) is 0 Å². The largest absolute Gasteiger partial charge is 0.292 e. The Morgan fingerprint density at radius 1 is 0.773 bits per heavy atom. The minimum atomic E-state index is 0.953. The number of fused-ring (bicyclic) bond motifs is 1. The quantitative estimate of drug-likeness (QED) is 0.470. The van der Waals surface area contributed by atoms with Crippen LogP contribution in [0.4, 0.5) is 0 Å². The van der Waals surface area contributed by atoms with Gasteiger partial charge in [0, 0.05) is 15.7 Å². The smallest absolute Gasteiger partial charge is 0.145 e. The molecule has 0 unspecified atom stereocenters. The highest BCUT2D eigenvalue weighted by atomic mass is 79.9. The van der Waals surface area contributed by atoms with Crippen molar-refractivity contribution in [3.8, 4) is 17.1 Å². The van der Waals surface area contributed by atoms with Crippen LogP contribution in [0.5, 0.6) is 0 Å². The molecule has 0 amide bonds. The van der Waals surface area contributed by atoms with Crippen LogP contribution in [0.1, 0.15) is 0 Å². The van der Waals surface area contributed by atoms with Crippen molar-refractivity contribution in [1.82, 2.24) is 9.55 Å². The molecular weight excluding hydrogens is 336 g/mol. The molecule has 0 spiro atoms. The van der Waals surface area contributed by atoms with E-state index < -0.39 is 0 Å². The Bertz CT molecular complexity index is 942. The Morgan fingerprint density at radius 3 is 2.36 bits per heavy atom. The molecule has 0 bridgehead atoms. The summed E-state index contributed by atoms with van der Waals surface area (Å²) in [5.41, 5.74) is 4.32. The molecule has 0 saturated carbocycles. The van der Waals surface area contributed by atoms with Gasteiger partial charge in [-0.25, -0.2) is 4.98 Å². The fourth-order valence-corrected chi connectivity index (χ4v) is 3.08. The first-order valence-corrected chi connectivity index (χ1v) is 7.91. The number of para-hydroxylation sites is 3. The van der Waals surface area contributed by atoms with Crippen LogP contribution in [-0.2, 0) is 0 Å². The molecule has 106 valence electrons. The molecular formula is C19H13BrN2. The van der Waals surface area contributed by atoms with E-state index >= 15 is 0 Å². The van der Waals surface area contributed by atoms with Gasteiger partial charge in [-0.3, -0.25) is 4.57 Å². The van der Waals surface area contributed by atoms with Crippen molar-refractivity contribution < 1.29 is 0 Å². The maximum atomic E-state index is 4.84. The van der Waals surface area contributed by atoms with Crippen molar-refractivity contribution in [1.29, 1.82) is 0 Å². The van der Waals surface area contributed by atoms with Crippen LogP contribution in [0.3, 0.4) is 0 Å². The van der Waals surface area contributed by atoms with Crippen molar-refractivity contribution in [2.75, 3.05) is 0 Å². The second kappa shape index (κ2) is 5.43. The standard InChI is InChI=1S/C19H13BrN2/c20-15-8-6-7-14(13-15)19-21-17-11-4-5-12-18(17)22(19)16-9-2-1-3-10-16/h1-13H. The summed E-state index contributed by atoms with van der Waals surface area (Å²) in [6, 6.07) is 26.8. The van der Waals surface area contributed by atoms with E-state index in [4.69, 9.17) is 4.98 Å². The number of halogens is 1. The van der Waals surface area contributed by atoms with Crippen molar-refractivity contribution in [3.05, 3.63) is 83.3 Å². The summed E-state index contributed by atoms with van der Waals surface area (Å²) in [6.07, 6.45) is 0. The average Bonchev–Trinajstić information content (AvgIpc) is 2.95. The van der Waals surface area contributed by atoms with E-state index in [1.807, 2.05) is 30.3 Å². The summed E-state index contributed by atoms with van der Waals surface area (Å²) in [5.74, 6) is 0.953. The van der Waals surface area contributed by atoms with Crippen LogP contribution < -0.4 is 0 Å². The lowest BCUT2D eigenvalue weighted by molar-refractivity contribution is 1.10. The number of hydrogen-bond donors (Lipinski definition) is 0. The number of benzene rings is 3. The lowest BCUT2D eigenvalue weighted by Crippen LogP contribution is -1.97. The third kappa shape index (κ3) is 2.24. The molecule has 1 heterocycles. The molecule has 4 aromatic rings. The highest BCUT2D eigenvalue weighted by molar-refractivity contribution is 9.10. The summed E-state index contributed by atoms with van der Waals surface area (Å²) in [7, 11) is 0. The fraction of sp³-hybridized carbons (Fsp3) is 0. The van der Waals surface area contributed by atoms with Crippen LogP contribution in [0.15, 0.2) is 83.3 Å². The van der Waals surface area contributed by atoms with Gasteiger partial charge in [0.15, 0.2) is 0 Å². The second-order valence-corrected chi connectivity index (χ2v) is 6.02. The van der Waals surface area contributed by atoms with E-state index in [1.165, 1.54) is 0 Å². The first-order chi connectivity index (χ1) is 10.8. The van der Waals surface area contributed by atoms with E-state index in [2.05, 4.69) is 69.0 Å². The molecule has 0 N–H and O–H groups in total. The van der Waals surface area contributed by atoms with Gasteiger partial charge in [0.25, 0.3) is 0 Å². The van der Waals surface area contributed by atoms with Crippen LogP contribution in [-0.4, -0.2) is 9.55 Å². The van der Waals surface area contributed by atoms with E-state index in [9.17, 15) is 0 Å². The molecule has 22 heavy (non-hydrogen) atoms. The number of aromatic nitrogens is 2. The van der Waals surface area contributed by atoms with E-state index in [1.54, 1.807) is 0 Å². The van der Waals surface area contributed by atoms with Crippen LogP contribution in [0.25, 0.3) is 28.1 Å². The van der Waals surface area contributed by atoms with Crippen LogP contribution in [0, 0.1) is 0 Å². The molecule has 3 aromatic carbocycles. The third-order valence-corrected chi connectivity index (χ3v) is 4.15.